The van der Waals surface area contributed by atoms with Crippen LogP contribution in [0.1, 0.15) is 17.7 Å². The number of benzene rings is 5. The maximum Gasteiger partial charge on any atom is 0.142 e. The van der Waals surface area contributed by atoms with Crippen LogP contribution in [0.25, 0.3) is 77.6 Å². The second kappa shape index (κ2) is 7.75. The summed E-state index contributed by atoms with van der Waals surface area (Å²) in [7, 11) is 0. The molecule has 5 aromatic carbocycles. The van der Waals surface area contributed by atoms with E-state index < -0.39 is 0 Å². The summed E-state index contributed by atoms with van der Waals surface area (Å²) in [5.41, 5.74) is 9.93. The molecular formula is C36H23NO2. The number of hydrogen-bond acceptors (Lipinski definition) is 2. The van der Waals surface area contributed by atoms with Crippen LogP contribution < -0.4 is 0 Å². The van der Waals surface area contributed by atoms with Gasteiger partial charge in [-0.3, -0.25) is 0 Å². The van der Waals surface area contributed by atoms with E-state index in [2.05, 4.69) is 108 Å². The number of allylic oxidation sites excluding steroid dienone is 1. The number of rotatable bonds is 2. The molecule has 3 heteroatoms. The van der Waals surface area contributed by atoms with Gasteiger partial charge in [-0.2, -0.15) is 0 Å². The predicted octanol–water partition coefficient (Wildman–Crippen LogP) is 10.1. The third kappa shape index (κ3) is 2.93. The molecule has 0 saturated carbocycles. The number of furan rings is 2. The highest BCUT2D eigenvalue weighted by molar-refractivity contribution is 6.17. The highest BCUT2D eigenvalue weighted by Gasteiger charge is 2.19. The lowest BCUT2D eigenvalue weighted by Gasteiger charge is -2.10. The standard InChI is InChI=1S/C36H23NO2/c1-4-13-31-25(8-1)29-21-35-30(27-10-3-5-14-33(27)38-35)20-32(29)37(31)23-18-16-22(17-19-23)24-11-7-12-28-26-9-2-6-15-34(26)39-36(24)28/h1,3-8,10-21H,2,9H2. The molecule has 184 valence electrons. The van der Waals surface area contributed by atoms with E-state index in [1.165, 1.54) is 32.8 Å². The van der Waals surface area contributed by atoms with Gasteiger partial charge in [-0.25, -0.2) is 0 Å². The number of aromatic nitrogens is 1. The van der Waals surface area contributed by atoms with Crippen molar-refractivity contribution in [2.45, 2.75) is 12.8 Å². The van der Waals surface area contributed by atoms with Gasteiger partial charge in [-0.15, -0.1) is 0 Å². The molecule has 3 aromatic heterocycles. The van der Waals surface area contributed by atoms with Crippen LogP contribution in [0.5, 0.6) is 0 Å². The lowest BCUT2D eigenvalue weighted by Crippen LogP contribution is -1.93. The van der Waals surface area contributed by atoms with Gasteiger partial charge in [0.25, 0.3) is 0 Å². The van der Waals surface area contributed by atoms with Crippen LogP contribution >= 0.6 is 0 Å². The molecule has 9 rings (SSSR count). The van der Waals surface area contributed by atoms with E-state index in [-0.39, 0.29) is 0 Å². The monoisotopic (exact) mass is 501 g/mol. The van der Waals surface area contributed by atoms with Crippen LogP contribution in [0.4, 0.5) is 0 Å². The maximum absolute atomic E-state index is 6.36. The number of para-hydroxylation sites is 3. The number of hydrogen-bond donors (Lipinski definition) is 0. The largest absolute Gasteiger partial charge is 0.456 e. The van der Waals surface area contributed by atoms with Crippen molar-refractivity contribution in [3.8, 4) is 16.8 Å². The third-order valence-corrected chi connectivity index (χ3v) is 8.29. The first-order chi connectivity index (χ1) is 19.3. The molecule has 3 heterocycles. The van der Waals surface area contributed by atoms with Crippen LogP contribution in [-0.4, -0.2) is 4.57 Å². The van der Waals surface area contributed by atoms with Crippen molar-refractivity contribution >= 4 is 60.8 Å². The number of nitrogens with zero attached hydrogens (tertiary/aromatic N) is 1. The molecule has 0 radical (unpaired) electrons. The van der Waals surface area contributed by atoms with Crippen molar-refractivity contribution in [1.29, 1.82) is 0 Å². The number of fused-ring (bicyclic) bond motifs is 9. The van der Waals surface area contributed by atoms with Crippen molar-refractivity contribution in [2.75, 3.05) is 0 Å². The summed E-state index contributed by atoms with van der Waals surface area (Å²) in [5, 5.41) is 5.93. The molecule has 8 aromatic rings. The molecule has 0 unspecified atom stereocenters. The Hall–Kier alpha value is -5.02. The Morgan fingerprint density at radius 1 is 0.590 bits per heavy atom. The van der Waals surface area contributed by atoms with Gasteiger partial charge in [0.2, 0.25) is 0 Å². The van der Waals surface area contributed by atoms with Crippen molar-refractivity contribution in [3.63, 3.8) is 0 Å². The zero-order chi connectivity index (χ0) is 25.5. The van der Waals surface area contributed by atoms with Gasteiger partial charge in [-0.05, 0) is 60.9 Å². The molecule has 0 spiro atoms. The predicted molar refractivity (Wildman–Crippen MR) is 161 cm³/mol. The average Bonchev–Trinajstić information content (AvgIpc) is 3.65. The van der Waals surface area contributed by atoms with Gasteiger partial charge in [0.15, 0.2) is 0 Å². The van der Waals surface area contributed by atoms with Crippen molar-refractivity contribution < 1.29 is 8.83 Å². The highest BCUT2D eigenvalue weighted by atomic mass is 16.3. The molecule has 1 aliphatic rings. The van der Waals surface area contributed by atoms with E-state index >= 15 is 0 Å². The minimum atomic E-state index is 0.921. The fourth-order valence-corrected chi connectivity index (χ4v) is 6.48. The summed E-state index contributed by atoms with van der Waals surface area (Å²) in [6.45, 7) is 0. The van der Waals surface area contributed by atoms with Crippen LogP contribution in [0, 0.1) is 0 Å². The van der Waals surface area contributed by atoms with Crippen LogP contribution in [0.2, 0.25) is 0 Å². The molecule has 3 nitrogen and oxygen atoms in total. The van der Waals surface area contributed by atoms with E-state index in [1.54, 1.807) is 0 Å². The molecule has 0 atom stereocenters. The van der Waals surface area contributed by atoms with Gasteiger partial charge in [0.05, 0.1) is 11.0 Å². The zero-order valence-electron chi connectivity index (χ0n) is 21.1. The summed E-state index contributed by atoms with van der Waals surface area (Å²) in [6, 6.07) is 36.7. The molecule has 39 heavy (non-hydrogen) atoms. The zero-order valence-corrected chi connectivity index (χ0v) is 21.1. The summed E-state index contributed by atoms with van der Waals surface area (Å²) in [4.78, 5) is 0. The van der Waals surface area contributed by atoms with Crippen LogP contribution in [-0.2, 0) is 6.42 Å². The van der Waals surface area contributed by atoms with Gasteiger partial charge >= 0.3 is 0 Å². The van der Waals surface area contributed by atoms with Gasteiger partial charge < -0.3 is 13.4 Å². The van der Waals surface area contributed by atoms with Crippen molar-refractivity contribution in [1.82, 2.24) is 4.57 Å². The average molecular weight is 502 g/mol. The van der Waals surface area contributed by atoms with Gasteiger partial charge in [0.1, 0.15) is 22.5 Å². The van der Waals surface area contributed by atoms with E-state index in [9.17, 15) is 0 Å². The Bertz CT molecular complexity index is 2270. The smallest absolute Gasteiger partial charge is 0.142 e. The van der Waals surface area contributed by atoms with Crippen LogP contribution in [0.3, 0.4) is 0 Å². The molecule has 1 aliphatic carbocycles. The SMILES string of the molecule is C1=Cc2oc3c(-c4ccc(-n5c6ccccc6c6cc7oc8ccccc8c7cc65)cc4)cccc3c2CC1. The Morgan fingerprint density at radius 2 is 1.41 bits per heavy atom. The number of aryl methyl sites for hydroxylation is 1. The normalized spacial score (nSPS) is 13.3. The summed E-state index contributed by atoms with van der Waals surface area (Å²) < 4.78 is 15.0. The van der Waals surface area contributed by atoms with Gasteiger partial charge in [0, 0.05) is 43.7 Å². The molecule has 0 amide bonds. The Kier molecular flexibility index (Phi) is 4.17. The van der Waals surface area contributed by atoms with E-state index in [1.807, 2.05) is 12.1 Å². The second-order valence-corrected chi connectivity index (χ2v) is 10.4. The Labute approximate surface area is 224 Å². The topological polar surface area (TPSA) is 31.2 Å². The quantitative estimate of drug-likeness (QED) is 0.236. The Morgan fingerprint density at radius 3 is 2.33 bits per heavy atom. The molecule has 0 fully saturated rings. The maximum atomic E-state index is 6.36. The van der Waals surface area contributed by atoms with E-state index in [0.717, 1.165) is 62.9 Å². The van der Waals surface area contributed by atoms with Crippen molar-refractivity contribution in [2.24, 2.45) is 0 Å². The molecule has 0 aliphatic heterocycles. The first kappa shape index (κ1) is 21.0. The fourth-order valence-electron chi connectivity index (χ4n) is 6.48. The first-order valence-corrected chi connectivity index (χ1v) is 13.5. The van der Waals surface area contributed by atoms with Crippen molar-refractivity contribution in [3.05, 3.63) is 121 Å². The minimum absolute atomic E-state index is 0.921. The molecule has 0 saturated heterocycles. The molecular weight excluding hydrogens is 478 g/mol. The fraction of sp³-hybridized carbons (Fsp3) is 0.0556. The summed E-state index contributed by atoms with van der Waals surface area (Å²) >= 11 is 0. The van der Waals surface area contributed by atoms with E-state index in [4.69, 9.17) is 8.83 Å². The summed E-state index contributed by atoms with van der Waals surface area (Å²) in [6.07, 6.45) is 6.42. The molecule has 0 N–H and O–H groups in total. The second-order valence-electron chi connectivity index (χ2n) is 10.4. The highest BCUT2D eigenvalue weighted by Crippen LogP contribution is 2.40. The lowest BCUT2D eigenvalue weighted by molar-refractivity contribution is 0.596. The van der Waals surface area contributed by atoms with Gasteiger partial charge in [-0.1, -0.05) is 72.8 Å². The lowest BCUT2D eigenvalue weighted by atomic mass is 9.98. The first-order valence-electron chi connectivity index (χ1n) is 13.5. The minimum Gasteiger partial charge on any atom is -0.456 e. The summed E-state index contributed by atoms with van der Waals surface area (Å²) in [5.74, 6) is 1.00. The molecule has 0 bridgehead atoms. The van der Waals surface area contributed by atoms with E-state index in [0.29, 0.717) is 0 Å². The third-order valence-electron chi connectivity index (χ3n) is 8.29. The van der Waals surface area contributed by atoms with Crippen LogP contribution in [0.15, 0.2) is 118 Å². The Balaban J connectivity index is 1.25.